The van der Waals surface area contributed by atoms with Crippen LogP contribution in [0.25, 0.3) is 0 Å². The second-order valence-corrected chi connectivity index (χ2v) is 11.9. The Labute approximate surface area is 119 Å². The minimum absolute atomic E-state index is 0.795. The quantitative estimate of drug-likeness (QED) is 0.486. The molecule has 1 saturated carbocycles. The molecule has 100 valence electrons. The van der Waals surface area contributed by atoms with E-state index in [0.29, 0.717) is 0 Å². The zero-order valence-corrected chi connectivity index (χ0v) is 14.0. The van der Waals surface area contributed by atoms with Crippen LogP contribution in [-0.4, -0.2) is 9.86 Å². The molecule has 1 aromatic rings. The van der Waals surface area contributed by atoms with Gasteiger partial charge in [-0.25, -0.2) is 0 Å². The van der Waals surface area contributed by atoms with Crippen molar-refractivity contribution in [3.8, 4) is 0 Å². The van der Waals surface area contributed by atoms with Crippen LogP contribution in [0.15, 0.2) is 18.2 Å². The van der Waals surface area contributed by atoms with Crippen LogP contribution in [-0.2, 0) is 6.42 Å². The molecule has 2 aliphatic carbocycles. The van der Waals surface area contributed by atoms with E-state index in [9.17, 15) is 0 Å². The van der Waals surface area contributed by atoms with E-state index in [1.807, 2.05) is 0 Å². The standard InChI is InChI=1S/C17H25I/c1-12-5-4-6-17-15(12)9-7-13-11-14(18(2)3)8-10-16(13)17/h8,10-12,15,17H,4-7,9H2,1-3H3. The van der Waals surface area contributed by atoms with E-state index in [0.717, 1.165) is 17.8 Å². The van der Waals surface area contributed by atoms with Crippen LogP contribution in [0.4, 0.5) is 0 Å². The fourth-order valence-corrected chi connectivity index (χ4v) is 5.96. The number of fused-ring (bicyclic) bond motifs is 3. The van der Waals surface area contributed by atoms with Crippen molar-refractivity contribution in [3.63, 3.8) is 0 Å². The number of hydrogen-bond acceptors (Lipinski definition) is 0. The summed E-state index contributed by atoms with van der Waals surface area (Å²) in [5.74, 6) is 2.83. The molecule has 1 fully saturated rings. The van der Waals surface area contributed by atoms with E-state index in [-0.39, 0.29) is 0 Å². The Hall–Kier alpha value is -0.0500. The first-order chi connectivity index (χ1) is 8.66. The number of alkyl halides is 2. The summed E-state index contributed by atoms with van der Waals surface area (Å²) >= 11 is -0.795. The van der Waals surface area contributed by atoms with E-state index < -0.39 is 19.8 Å². The third kappa shape index (κ3) is 2.23. The summed E-state index contributed by atoms with van der Waals surface area (Å²) in [5.41, 5.74) is 3.42. The van der Waals surface area contributed by atoms with Gasteiger partial charge < -0.3 is 0 Å². The minimum atomic E-state index is -0.795. The molecular weight excluding hydrogens is 331 g/mol. The maximum atomic E-state index is 2.57. The summed E-state index contributed by atoms with van der Waals surface area (Å²) in [6.45, 7) is 2.48. The summed E-state index contributed by atoms with van der Waals surface area (Å²) in [6.07, 6.45) is 7.16. The number of halogens is 1. The normalized spacial score (nSPS) is 31.5. The van der Waals surface area contributed by atoms with E-state index in [4.69, 9.17) is 0 Å². The van der Waals surface area contributed by atoms with Crippen LogP contribution < -0.4 is 0 Å². The van der Waals surface area contributed by atoms with E-state index in [1.165, 1.54) is 32.1 Å². The fraction of sp³-hybridized carbons (Fsp3) is 0.647. The Kier molecular flexibility index (Phi) is 3.70. The predicted molar refractivity (Wildman–Crippen MR) is 88.6 cm³/mol. The molecular formula is C17H25I. The molecule has 1 heteroatoms. The average Bonchev–Trinajstić information content (AvgIpc) is 2.38. The first kappa shape index (κ1) is 13.0. The van der Waals surface area contributed by atoms with Gasteiger partial charge in [0.1, 0.15) is 0 Å². The van der Waals surface area contributed by atoms with Crippen molar-refractivity contribution in [1.82, 2.24) is 0 Å². The molecule has 3 unspecified atom stereocenters. The SMILES string of the molecule is CC1CCCC2c3ccc(I(C)C)cc3CCC12. The molecule has 3 atom stereocenters. The Balaban J connectivity index is 1.95. The molecule has 2 aliphatic rings. The number of benzene rings is 1. The van der Waals surface area contributed by atoms with Gasteiger partial charge in [-0.1, -0.05) is 0 Å². The van der Waals surface area contributed by atoms with Gasteiger partial charge >= 0.3 is 119 Å². The van der Waals surface area contributed by atoms with Gasteiger partial charge in [0.05, 0.1) is 0 Å². The van der Waals surface area contributed by atoms with Crippen LogP contribution in [0, 0.1) is 15.4 Å². The molecule has 3 rings (SSSR count). The number of hydrogen-bond donors (Lipinski definition) is 0. The third-order valence-corrected chi connectivity index (χ3v) is 8.27. The molecule has 0 amide bonds. The van der Waals surface area contributed by atoms with Crippen LogP contribution in [0.1, 0.15) is 49.7 Å². The number of aryl methyl sites for hydroxylation is 1. The fourth-order valence-electron chi connectivity index (χ4n) is 4.07. The van der Waals surface area contributed by atoms with Crippen LogP contribution in [0.2, 0.25) is 0 Å². The Morgan fingerprint density at radius 2 is 1.94 bits per heavy atom. The van der Waals surface area contributed by atoms with Crippen molar-refractivity contribution in [2.75, 3.05) is 9.86 Å². The second-order valence-electron chi connectivity index (χ2n) is 6.32. The summed E-state index contributed by atoms with van der Waals surface area (Å²) in [6, 6.07) is 7.51. The topological polar surface area (TPSA) is 0 Å². The monoisotopic (exact) mass is 356 g/mol. The first-order valence-corrected chi connectivity index (χ1v) is 12.7. The van der Waals surface area contributed by atoms with Crippen molar-refractivity contribution in [3.05, 3.63) is 32.9 Å². The predicted octanol–water partition coefficient (Wildman–Crippen LogP) is 5.09. The maximum absolute atomic E-state index is 2.57. The summed E-state index contributed by atoms with van der Waals surface area (Å²) in [7, 11) is 0. The van der Waals surface area contributed by atoms with Crippen molar-refractivity contribution < 1.29 is 0 Å². The molecule has 1 aromatic carbocycles. The average molecular weight is 356 g/mol. The van der Waals surface area contributed by atoms with Crippen molar-refractivity contribution >= 4 is 19.8 Å². The molecule has 0 nitrogen and oxygen atoms in total. The molecule has 18 heavy (non-hydrogen) atoms. The molecule has 0 spiro atoms. The van der Waals surface area contributed by atoms with E-state index in [2.05, 4.69) is 35.0 Å². The Morgan fingerprint density at radius 3 is 2.72 bits per heavy atom. The van der Waals surface area contributed by atoms with Crippen molar-refractivity contribution in [2.45, 2.75) is 44.9 Å². The summed E-state index contributed by atoms with van der Waals surface area (Å²) in [4.78, 5) is 4.92. The van der Waals surface area contributed by atoms with Crippen LogP contribution in [0.5, 0.6) is 0 Å². The molecule has 0 radical (unpaired) electrons. The molecule has 0 aliphatic heterocycles. The van der Waals surface area contributed by atoms with Crippen LogP contribution >= 0.6 is 19.8 Å². The summed E-state index contributed by atoms with van der Waals surface area (Å²) in [5, 5.41) is 0. The molecule has 0 aromatic heterocycles. The van der Waals surface area contributed by atoms with Crippen LogP contribution in [0.3, 0.4) is 0 Å². The van der Waals surface area contributed by atoms with Gasteiger partial charge in [0.2, 0.25) is 0 Å². The van der Waals surface area contributed by atoms with E-state index in [1.54, 1.807) is 14.7 Å². The zero-order chi connectivity index (χ0) is 12.7. The van der Waals surface area contributed by atoms with Gasteiger partial charge in [-0.15, -0.1) is 0 Å². The summed E-state index contributed by atoms with van der Waals surface area (Å²) < 4.78 is 1.68. The molecule has 0 N–H and O–H groups in total. The first-order valence-electron chi connectivity index (χ1n) is 7.29. The van der Waals surface area contributed by atoms with Gasteiger partial charge in [0.15, 0.2) is 0 Å². The van der Waals surface area contributed by atoms with Crippen molar-refractivity contribution in [1.29, 1.82) is 0 Å². The van der Waals surface area contributed by atoms with Gasteiger partial charge in [-0.05, 0) is 0 Å². The van der Waals surface area contributed by atoms with Crippen molar-refractivity contribution in [2.24, 2.45) is 11.8 Å². The molecule has 0 heterocycles. The molecule has 0 bridgehead atoms. The van der Waals surface area contributed by atoms with Gasteiger partial charge in [-0.2, -0.15) is 0 Å². The second kappa shape index (κ2) is 5.15. The third-order valence-electron chi connectivity index (χ3n) is 5.11. The van der Waals surface area contributed by atoms with Gasteiger partial charge in [-0.3, -0.25) is 0 Å². The Bertz CT molecular complexity index is 435. The van der Waals surface area contributed by atoms with E-state index >= 15 is 0 Å². The Morgan fingerprint density at radius 1 is 1.11 bits per heavy atom. The zero-order valence-electron chi connectivity index (χ0n) is 11.9. The number of rotatable bonds is 1. The van der Waals surface area contributed by atoms with Gasteiger partial charge in [0, 0.05) is 0 Å². The molecule has 0 saturated heterocycles. The van der Waals surface area contributed by atoms with Gasteiger partial charge in [0.25, 0.3) is 0 Å².